The summed E-state index contributed by atoms with van der Waals surface area (Å²) in [6, 6.07) is 11.8. The first-order valence-electron chi connectivity index (χ1n) is 7.16. The minimum absolute atomic E-state index is 0.116. The molecular formula is C17H15Cl3N2O2. The average molecular weight is 386 g/mol. The van der Waals surface area contributed by atoms with Crippen LogP contribution in [-0.4, -0.2) is 18.4 Å². The second kappa shape index (κ2) is 8.38. The molecule has 4 nitrogen and oxygen atoms in total. The van der Waals surface area contributed by atoms with E-state index in [1.165, 1.54) is 11.8 Å². The fraction of sp³-hybridized carbons (Fsp3) is 0.176. The molecule has 0 unspecified atom stereocenters. The summed E-state index contributed by atoms with van der Waals surface area (Å²) in [5.74, 6) is -0.437. The van der Waals surface area contributed by atoms with Crippen LogP contribution < -0.4 is 10.2 Å². The third-order valence-electron chi connectivity index (χ3n) is 3.31. The zero-order valence-electron chi connectivity index (χ0n) is 12.9. The van der Waals surface area contributed by atoms with Crippen molar-refractivity contribution in [1.29, 1.82) is 0 Å². The second-order valence-corrected chi connectivity index (χ2v) is 6.27. The molecule has 0 aliphatic rings. The summed E-state index contributed by atoms with van der Waals surface area (Å²) in [4.78, 5) is 25.4. The summed E-state index contributed by atoms with van der Waals surface area (Å²) >= 11 is 17.9. The first-order valence-corrected chi connectivity index (χ1v) is 8.29. The quantitative estimate of drug-likeness (QED) is 0.785. The van der Waals surface area contributed by atoms with Gasteiger partial charge >= 0.3 is 0 Å². The number of carbonyl (C=O) groups excluding carboxylic acids is 2. The van der Waals surface area contributed by atoms with E-state index in [0.717, 1.165) is 0 Å². The average Bonchev–Trinajstić information content (AvgIpc) is 2.53. The lowest BCUT2D eigenvalue weighted by atomic mass is 10.2. The van der Waals surface area contributed by atoms with Crippen molar-refractivity contribution in [2.75, 3.05) is 16.8 Å². The molecule has 2 aromatic carbocycles. The van der Waals surface area contributed by atoms with Gasteiger partial charge in [-0.05, 0) is 30.3 Å². The van der Waals surface area contributed by atoms with E-state index < -0.39 is 0 Å². The van der Waals surface area contributed by atoms with Gasteiger partial charge in [-0.3, -0.25) is 9.59 Å². The van der Waals surface area contributed by atoms with Crippen molar-refractivity contribution in [2.45, 2.75) is 13.3 Å². The number of benzene rings is 2. The molecule has 0 bridgehead atoms. The zero-order chi connectivity index (χ0) is 17.7. The molecule has 0 aliphatic heterocycles. The van der Waals surface area contributed by atoms with Crippen LogP contribution >= 0.6 is 34.8 Å². The van der Waals surface area contributed by atoms with Crippen LogP contribution in [0.1, 0.15) is 13.3 Å². The van der Waals surface area contributed by atoms with Crippen molar-refractivity contribution >= 4 is 58.0 Å². The van der Waals surface area contributed by atoms with Crippen molar-refractivity contribution in [3.63, 3.8) is 0 Å². The van der Waals surface area contributed by atoms with Gasteiger partial charge in [0.15, 0.2) is 0 Å². The molecule has 126 valence electrons. The number of hydrogen-bond donors (Lipinski definition) is 1. The number of halogens is 3. The van der Waals surface area contributed by atoms with E-state index in [1.807, 2.05) is 0 Å². The van der Waals surface area contributed by atoms with Gasteiger partial charge in [0.25, 0.3) is 0 Å². The summed E-state index contributed by atoms with van der Waals surface area (Å²) in [7, 11) is 0. The lowest BCUT2D eigenvalue weighted by molar-refractivity contribution is -0.117. The summed E-state index contributed by atoms with van der Waals surface area (Å²) in [5, 5.41) is 3.93. The molecule has 0 aromatic heterocycles. The minimum Gasteiger partial charge on any atom is -0.325 e. The Kier molecular flexibility index (Phi) is 6.49. The van der Waals surface area contributed by atoms with E-state index in [1.54, 1.807) is 42.5 Å². The summed E-state index contributed by atoms with van der Waals surface area (Å²) < 4.78 is 0. The van der Waals surface area contributed by atoms with Gasteiger partial charge in [-0.15, -0.1) is 0 Å². The molecule has 24 heavy (non-hydrogen) atoms. The molecule has 2 aromatic rings. The Balaban J connectivity index is 2.03. The third kappa shape index (κ3) is 4.87. The third-order valence-corrected chi connectivity index (χ3v) is 4.37. The first kappa shape index (κ1) is 18.6. The Labute approximate surface area is 155 Å². The molecule has 0 radical (unpaired) electrons. The predicted octanol–water partition coefficient (Wildman–Crippen LogP) is 5.03. The number of nitrogens with zero attached hydrogens (tertiary/aromatic N) is 1. The highest BCUT2D eigenvalue weighted by Gasteiger charge is 2.15. The van der Waals surface area contributed by atoms with Crippen molar-refractivity contribution in [1.82, 2.24) is 0 Å². The van der Waals surface area contributed by atoms with E-state index in [2.05, 4.69) is 5.32 Å². The van der Waals surface area contributed by atoms with Gasteiger partial charge in [-0.25, -0.2) is 0 Å². The van der Waals surface area contributed by atoms with Crippen LogP contribution in [0.2, 0.25) is 15.1 Å². The lowest BCUT2D eigenvalue weighted by Crippen LogP contribution is -2.32. The number of rotatable bonds is 5. The lowest BCUT2D eigenvalue weighted by Gasteiger charge is -2.21. The second-order valence-electron chi connectivity index (χ2n) is 5.05. The van der Waals surface area contributed by atoms with Crippen molar-refractivity contribution in [3.8, 4) is 0 Å². The van der Waals surface area contributed by atoms with Crippen molar-refractivity contribution in [3.05, 3.63) is 57.5 Å². The van der Waals surface area contributed by atoms with Crippen LogP contribution in [0.15, 0.2) is 42.5 Å². The first-order chi connectivity index (χ1) is 11.4. The number of nitrogens with one attached hydrogen (secondary N) is 1. The van der Waals surface area contributed by atoms with Crippen LogP contribution in [0.4, 0.5) is 11.4 Å². The van der Waals surface area contributed by atoms with Gasteiger partial charge in [0.1, 0.15) is 0 Å². The Morgan fingerprint density at radius 3 is 2.33 bits per heavy atom. The normalized spacial score (nSPS) is 10.3. The highest BCUT2D eigenvalue weighted by atomic mass is 35.5. The maximum absolute atomic E-state index is 12.1. The number of carbonyl (C=O) groups is 2. The van der Waals surface area contributed by atoms with E-state index in [0.29, 0.717) is 26.4 Å². The van der Waals surface area contributed by atoms with Crippen molar-refractivity contribution < 1.29 is 9.59 Å². The maximum atomic E-state index is 12.1. The van der Waals surface area contributed by atoms with Crippen LogP contribution in [0.5, 0.6) is 0 Å². The van der Waals surface area contributed by atoms with Crippen LogP contribution in [0.3, 0.4) is 0 Å². The molecule has 0 spiro atoms. The molecule has 1 N–H and O–H groups in total. The van der Waals surface area contributed by atoms with Gasteiger partial charge in [-0.2, -0.15) is 0 Å². The Bertz CT molecular complexity index is 765. The molecule has 2 amide bonds. The molecular weight excluding hydrogens is 371 g/mol. The summed E-state index contributed by atoms with van der Waals surface area (Å²) in [6.07, 6.45) is 0.116. The Morgan fingerprint density at radius 1 is 1.00 bits per heavy atom. The zero-order valence-corrected chi connectivity index (χ0v) is 15.1. The standard InChI is InChI=1S/C17H15Cl3N2O2/c1-11(23)22(12-6-7-13(18)15(20)10-12)9-8-17(24)21-16-5-3-2-4-14(16)19/h2-7,10H,8-9H2,1H3,(H,21,24). The Morgan fingerprint density at radius 2 is 1.71 bits per heavy atom. The molecule has 0 aliphatic carbocycles. The van der Waals surface area contributed by atoms with E-state index in [-0.39, 0.29) is 24.8 Å². The van der Waals surface area contributed by atoms with Gasteiger partial charge in [0.2, 0.25) is 11.8 Å². The van der Waals surface area contributed by atoms with Gasteiger partial charge in [-0.1, -0.05) is 46.9 Å². The van der Waals surface area contributed by atoms with Gasteiger partial charge in [0, 0.05) is 25.6 Å². The van der Waals surface area contributed by atoms with E-state index >= 15 is 0 Å². The minimum atomic E-state index is -0.241. The smallest absolute Gasteiger partial charge is 0.226 e. The van der Waals surface area contributed by atoms with Crippen LogP contribution in [-0.2, 0) is 9.59 Å². The molecule has 7 heteroatoms. The molecule has 0 saturated carbocycles. The van der Waals surface area contributed by atoms with Gasteiger partial charge in [0.05, 0.1) is 20.8 Å². The summed E-state index contributed by atoms with van der Waals surface area (Å²) in [6.45, 7) is 1.64. The number of para-hydroxylation sites is 1. The fourth-order valence-electron chi connectivity index (χ4n) is 2.11. The van der Waals surface area contributed by atoms with Gasteiger partial charge < -0.3 is 10.2 Å². The molecule has 2 rings (SSSR count). The molecule has 0 fully saturated rings. The maximum Gasteiger partial charge on any atom is 0.226 e. The number of anilines is 2. The SMILES string of the molecule is CC(=O)N(CCC(=O)Nc1ccccc1Cl)c1ccc(Cl)c(Cl)c1. The highest BCUT2D eigenvalue weighted by molar-refractivity contribution is 6.42. The molecule has 0 heterocycles. The Hall–Kier alpha value is -1.75. The summed E-state index contributed by atoms with van der Waals surface area (Å²) in [5.41, 5.74) is 1.12. The topological polar surface area (TPSA) is 49.4 Å². The van der Waals surface area contributed by atoms with Crippen LogP contribution in [0.25, 0.3) is 0 Å². The molecule has 0 saturated heterocycles. The highest BCUT2D eigenvalue weighted by Crippen LogP contribution is 2.27. The van der Waals surface area contributed by atoms with E-state index in [9.17, 15) is 9.59 Å². The number of hydrogen-bond acceptors (Lipinski definition) is 2. The molecule has 0 atom stereocenters. The monoisotopic (exact) mass is 384 g/mol. The van der Waals surface area contributed by atoms with Crippen LogP contribution in [0, 0.1) is 0 Å². The number of amides is 2. The largest absolute Gasteiger partial charge is 0.325 e. The predicted molar refractivity (Wildman–Crippen MR) is 99.2 cm³/mol. The van der Waals surface area contributed by atoms with Crippen molar-refractivity contribution in [2.24, 2.45) is 0 Å². The van der Waals surface area contributed by atoms with E-state index in [4.69, 9.17) is 34.8 Å². The fourth-order valence-corrected chi connectivity index (χ4v) is 2.59.